The molecule has 4 N–H and O–H groups in total. The van der Waals surface area contributed by atoms with Gasteiger partial charge in [0.25, 0.3) is 0 Å². The van der Waals surface area contributed by atoms with E-state index in [9.17, 15) is 23.1 Å². The Labute approximate surface area is 186 Å². The number of carbonyl (C=O) groups is 2. The maximum absolute atomic E-state index is 11.4. The van der Waals surface area contributed by atoms with Crippen LogP contribution in [0.2, 0.25) is 0 Å². The number of rotatable bonds is 4. The van der Waals surface area contributed by atoms with Gasteiger partial charge in [-0.2, -0.15) is 18.2 Å². The van der Waals surface area contributed by atoms with Crippen molar-refractivity contribution in [1.82, 2.24) is 9.97 Å². The van der Waals surface area contributed by atoms with Crippen molar-refractivity contribution in [3.05, 3.63) is 41.1 Å². The molecular formula is C20H23F3N4O6. The highest BCUT2D eigenvalue weighted by atomic mass is 19.4. The SMILES string of the molecule is COc1ccc(C(=O)O)cc1[C@@H]1COCCCN1c1cc(C)nc(N)n1.O=C(O)C(F)(F)F. The molecule has 33 heavy (non-hydrogen) atoms. The molecule has 0 saturated carbocycles. The van der Waals surface area contributed by atoms with E-state index in [2.05, 4.69) is 14.9 Å². The first-order valence-corrected chi connectivity index (χ1v) is 9.61. The number of nitrogen functional groups attached to an aromatic ring is 1. The van der Waals surface area contributed by atoms with Gasteiger partial charge in [0.05, 0.1) is 25.3 Å². The van der Waals surface area contributed by atoms with Gasteiger partial charge in [-0.05, 0) is 31.5 Å². The fraction of sp³-hybridized carbons (Fsp3) is 0.400. The molecule has 1 aromatic carbocycles. The number of aromatic nitrogens is 2. The van der Waals surface area contributed by atoms with Gasteiger partial charge in [-0.25, -0.2) is 14.6 Å². The summed E-state index contributed by atoms with van der Waals surface area (Å²) in [5.74, 6) is -2.25. The topological polar surface area (TPSA) is 148 Å². The Balaban J connectivity index is 0.000000479. The number of alkyl halides is 3. The van der Waals surface area contributed by atoms with Crippen LogP contribution >= 0.6 is 0 Å². The monoisotopic (exact) mass is 472 g/mol. The molecule has 2 heterocycles. The summed E-state index contributed by atoms with van der Waals surface area (Å²) in [6.45, 7) is 3.56. The number of carboxylic acid groups (broad SMARTS) is 2. The van der Waals surface area contributed by atoms with Crippen molar-refractivity contribution < 1.29 is 42.4 Å². The van der Waals surface area contributed by atoms with E-state index in [4.69, 9.17) is 25.1 Å². The van der Waals surface area contributed by atoms with Gasteiger partial charge in [0, 0.05) is 30.5 Å². The number of hydrogen-bond acceptors (Lipinski definition) is 8. The molecular weight excluding hydrogens is 449 g/mol. The van der Waals surface area contributed by atoms with E-state index in [1.165, 1.54) is 6.07 Å². The minimum absolute atomic E-state index is 0.198. The highest BCUT2D eigenvalue weighted by molar-refractivity contribution is 5.88. The average Bonchev–Trinajstić information content (AvgIpc) is 2.98. The lowest BCUT2D eigenvalue weighted by molar-refractivity contribution is -0.192. The number of halogens is 3. The van der Waals surface area contributed by atoms with Crippen LogP contribution in [-0.4, -0.2) is 65.2 Å². The summed E-state index contributed by atoms with van der Waals surface area (Å²) in [6, 6.07) is 6.44. The standard InChI is InChI=1S/C18H22N4O4.C2HF3O2/c1-11-8-16(21-18(19)20-11)22-6-3-7-26-10-14(22)13-9-12(17(23)24)4-5-15(13)25-2;3-2(4,5)1(6)7/h4-5,8-9,14H,3,6-7,10H2,1-2H3,(H,23,24)(H2,19,20,21);(H,6,7)/t14-;/m0./s1. The van der Waals surface area contributed by atoms with E-state index < -0.39 is 18.1 Å². The van der Waals surface area contributed by atoms with Crippen molar-refractivity contribution in [2.75, 3.05) is 37.5 Å². The summed E-state index contributed by atoms with van der Waals surface area (Å²) in [5.41, 5.74) is 7.53. The highest BCUT2D eigenvalue weighted by Crippen LogP contribution is 2.35. The average molecular weight is 472 g/mol. The Morgan fingerprint density at radius 3 is 2.45 bits per heavy atom. The van der Waals surface area contributed by atoms with Crippen molar-refractivity contribution >= 4 is 23.7 Å². The number of benzene rings is 1. The second kappa shape index (κ2) is 10.8. The number of aryl methyl sites for hydroxylation is 1. The second-order valence-electron chi connectivity index (χ2n) is 6.93. The number of nitrogens with zero attached hydrogens (tertiary/aromatic N) is 3. The van der Waals surface area contributed by atoms with Crippen LogP contribution in [0, 0.1) is 6.92 Å². The summed E-state index contributed by atoms with van der Waals surface area (Å²) in [5, 5.41) is 16.5. The fourth-order valence-corrected chi connectivity index (χ4v) is 3.16. The molecule has 2 aromatic rings. The van der Waals surface area contributed by atoms with E-state index in [0.717, 1.165) is 17.7 Å². The maximum atomic E-state index is 11.4. The lowest BCUT2D eigenvalue weighted by Crippen LogP contribution is -2.32. The molecule has 0 amide bonds. The van der Waals surface area contributed by atoms with Gasteiger partial charge < -0.3 is 30.3 Å². The van der Waals surface area contributed by atoms with E-state index in [-0.39, 0.29) is 17.6 Å². The van der Waals surface area contributed by atoms with Crippen LogP contribution in [-0.2, 0) is 9.53 Å². The van der Waals surface area contributed by atoms with E-state index >= 15 is 0 Å². The number of aliphatic carboxylic acids is 1. The Kier molecular flexibility index (Phi) is 8.40. The van der Waals surface area contributed by atoms with Crippen LogP contribution < -0.4 is 15.4 Å². The smallest absolute Gasteiger partial charge is 0.490 e. The van der Waals surface area contributed by atoms with Crippen molar-refractivity contribution in [3.8, 4) is 5.75 Å². The van der Waals surface area contributed by atoms with Crippen molar-refractivity contribution in [3.63, 3.8) is 0 Å². The minimum atomic E-state index is -5.08. The van der Waals surface area contributed by atoms with E-state index in [0.29, 0.717) is 31.3 Å². The molecule has 1 fully saturated rings. The van der Waals surface area contributed by atoms with Crippen LogP contribution in [0.1, 0.15) is 34.1 Å². The summed E-state index contributed by atoms with van der Waals surface area (Å²) in [7, 11) is 1.56. The molecule has 10 nitrogen and oxygen atoms in total. The van der Waals surface area contributed by atoms with Crippen LogP contribution in [0.3, 0.4) is 0 Å². The third-order valence-corrected chi connectivity index (χ3v) is 4.57. The molecule has 13 heteroatoms. The molecule has 0 bridgehead atoms. The van der Waals surface area contributed by atoms with Gasteiger partial charge in [0.15, 0.2) is 0 Å². The van der Waals surface area contributed by atoms with Crippen LogP contribution in [0.25, 0.3) is 0 Å². The van der Waals surface area contributed by atoms with Crippen molar-refractivity contribution in [1.29, 1.82) is 0 Å². The maximum Gasteiger partial charge on any atom is 0.490 e. The van der Waals surface area contributed by atoms with E-state index in [1.54, 1.807) is 19.2 Å². The zero-order valence-corrected chi connectivity index (χ0v) is 17.8. The van der Waals surface area contributed by atoms with Gasteiger partial charge in [0.2, 0.25) is 5.95 Å². The minimum Gasteiger partial charge on any atom is -0.496 e. The number of ether oxygens (including phenoxy) is 2. The lowest BCUT2D eigenvalue weighted by Gasteiger charge is -2.32. The molecule has 1 aliphatic rings. The van der Waals surface area contributed by atoms with Crippen molar-refractivity contribution in [2.45, 2.75) is 25.6 Å². The first kappa shape index (κ1) is 25.6. The Bertz CT molecular complexity index is 982. The molecule has 1 aliphatic heterocycles. The number of hydrogen-bond donors (Lipinski definition) is 3. The molecule has 0 radical (unpaired) electrons. The Morgan fingerprint density at radius 2 is 1.91 bits per heavy atom. The zero-order chi connectivity index (χ0) is 24.8. The Hall–Kier alpha value is -3.61. The number of carboxylic acids is 2. The number of nitrogens with two attached hydrogens (primary N) is 1. The molecule has 1 atom stereocenters. The predicted molar refractivity (Wildman–Crippen MR) is 110 cm³/mol. The predicted octanol–water partition coefficient (Wildman–Crippen LogP) is 2.68. The van der Waals surface area contributed by atoms with Crippen molar-refractivity contribution in [2.24, 2.45) is 0 Å². The van der Waals surface area contributed by atoms with Gasteiger partial charge in [-0.15, -0.1) is 0 Å². The summed E-state index contributed by atoms with van der Waals surface area (Å²) in [4.78, 5) is 30.9. The summed E-state index contributed by atoms with van der Waals surface area (Å²) < 4.78 is 43.0. The molecule has 1 saturated heterocycles. The quantitative estimate of drug-likeness (QED) is 0.606. The molecule has 3 rings (SSSR count). The van der Waals surface area contributed by atoms with E-state index in [1.807, 2.05) is 13.0 Å². The zero-order valence-electron chi connectivity index (χ0n) is 17.8. The summed E-state index contributed by atoms with van der Waals surface area (Å²) >= 11 is 0. The van der Waals surface area contributed by atoms with Crippen LogP contribution in [0.5, 0.6) is 5.75 Å². The number of aromatic carboxylic acids is 1. The summed E-state index contributed by atoms with van der Waals surface area (Å²) in [6.07, 6.45) is -4.26. The van der Waals surface area contributed by atoms with Gasteiger partial charge in [-0.3, -0.25) is 0 Å². The van der Waals surface area contributed by atoms with Gasteiger partial charge in [0.1, 0.15) is 11.6 Å². The third-order valence-electron chi connectivity index (χ3n) is 4.57. The number of anilines is 2. The molecule has 0 aliphatic carbocycles. The fourth-order valence-electron chi connectivity index (χ4n) is 3.16. The third kappa shape index (κ3) is 6.94. The largest absolute Gasteiger partial charge is 0.496 e. The second-order valence-corrected chi connectivity index (χ2v) is 6.93. The number of methoxy groups -OCH3 is 1. The molecule has 0 spiro atoms. The van der Waals surface area contributed by atoms with Gasteiger partial charge in [-0.1, -0.05) is 0 Å². The van der Waals surface area contributed by atoms with Crippen LogP contribution in [0.15, 0.2) is 24.3 Å². The first-order chi connectivity index (χ1) is 15.4. The molecule has 0 unspecified atom stereocenters. The molecule has 180 valence electrons. The first-order valence-electron chi connectivity index (χ1n) is 9.61. The highest BCUT2D eigenvalue weighted by Gasteiger charge is 2.38. The lowest BCUT2D eigenvalue weighted by atomic mass is 10.0. The normalized spacial score (nSPS) is 16.3. The molecule has 1 aromatic heterocycles. The van der Waals surface area contributed by atoms with Gasteiger partial charge >= 0.3 is 18.1 Å². The van der Waals surface area contributed by atoms with Crippen LogP contribution in [0.4, 0.5) is 24.9 Å². The Morgan fingerprint density at radius 1 is 1.24 bits per heavy atom.